The third-order valence-corrected chi connectivity index (χ3v) is 3.82. The van der Waals surface area contributed by atoms with Crippen molar-refractivity contribution >= 4 is 5.97 Å². The zero-order valence-electron chi connectivity index (χ0n) is 11.2. The van der Waals surface area contributed by atoms with Crippen LogP contribution >= 0.6 is 0 Å². The van der Waals surface area contributed by atoms with E-state index in [4.69, 9.17) is 14.6 Å². The summed E-state index contributed by atoms with van der Waals surface area (Å²) in [5.41, 5.74) is -0.102. The Labute approximate surface area is 108 Å². The molecule has 0 aromatic carbocycles. The highest BCUT2D eigenvalue weighted by molar-refractivity contribution is 5.67. The fraction of sp³-hybridized carbons (Fsp3) is 0.923. The molecule has 0 aliphatic carbocycles. The van der Waals surface area contributed by atoms with E-state index in [9.17, 15) is 4.79 Å². The Morgan fingerprint density at radius 3 is 2.89 bits per heavy atom. The number of carbonyl (C=O) groups is 1. The predicted octanol–water partition coefficient (Wildman–Crippen LogP) is 1.12. The second kappa shape index (κ2) is 5.55. The number of hydrogen-bond acceptors (Lipinski definition) is 4. The van der Waals surface area contributed by atoms with E-state index in [0.29, 0.717) is 19.3 Å². The summed E-state index contributed by atoms with van der Waals surface area (Å²) in [7, 11) is 0. The maximum Gasteiger partial charge on any atom is 0.305 e. The maximum atomic E-state index is 10.9. The van der Waals surface area contributed by atoms with Crippen molar-refractivity contribution in [2.45, 2.75) is 50.8 Å². The van der Waals surface area contributed by atoms with E-state index < -0.39 is 5.97 Å². The van der Waals surface area contributed by atoms with Crippen LogP contribution in [0.1, 0.15) is 33.1 Å². The van der Waals surface area contributed by atoms with Gasteiger partial charge in [0.25, 0.3) is 0 Å². The standard InChI is InChI=1S/C13H23NO4/c1-13(2)8-10(3-5-18-13)14-4-6-17-9-11(14)7-12(15)16/h10-11H,3-9H2,1-2H3,(H,15,16). The van der Waals surface area contributed by atoms with Crippen LogP contribution in [0.25, 0.3) is 0 Å². The molecule has 2 unspecified atom stereocenters. The molecule has 2 aliphatic rings. The lowest BCUT2D eigenvalue weighted by atomic mass is 9.91. The lowest BCUT2D eigenvalue weighted by Crippen LogP contribution is -2.55. The van der Waals surface area contributed by atoms with Gasteiger partial charge in [-0.15, -0.1) is 0 Å². The highest BCUT2D eigenvalue weighted by atomic mass is 16.5. The number of rotatable bonds is 3. The average Bonchev–Trinajstić information content (AvgIpc) is 2.27. The van der Waals surface area contributed by atoms with E-state index in [1.54, 1.807) is 0 Å². The van der Waals surface area contributed by atoms with Gasteiger partial charge in [-0.2, -0.15) is 0 Å². The van der Waals surface area contributed by atoms with Crippen molar-refractivity contribution in [3.63, 3.8) is 0 Å². The van der Waals surface area contributed by atoms with E-state index in [1.807, 2.05) is 0 Å². The van der Waals surface area contributed by atoms with E-state index in [0.717, 1.165) is 26.0 Å². The molecule has 2 aliphatic heterocycles. The SMILES string of the molecule is CC1(C)CC(N2CCOCC2CC(=O)O)CCO1. The van der Waals surface area contributed by atoms with Gasteiger partial charge in [-0.05, 0) is 26.7 Å². The van der Waals surface area contributed by atoms with Gasteiger partial charge < -0.3 is 14.6 Å². The lowest BCUT2D eigenvalue weighted by Gasteiger charge is -2.45. The summed E-state index contributed by atoms with van der Waals surface area (Å²) in [6.07, 6.45) is 2.11. The summed E-state index contributed by atoms with van der Waals surface area (Å²) < 4.78 is 11.1. The molecule has 1 N–H and O–H groups in total. The van der Waals surface area contributed by atoms with Gasteiger partial charge in [0.1, 0.15) is 0 Å². The first-order valence-corrected chi connectivity index (χ1v) is 6.67. The second-order valence-corrected chi connectivity index (χ2v) is 5.82. The third-order valence-electron chi connectivity index (χ3n) is 3.82. The van der Waals surface area contributed by atoms with Crippen LogP contribution in [0.2, 0.25) is 0 Å². The van der Waals surface area contributed by atoms with Gasteiger partial charge in [-0.25, -0.2) is 0 Å². The van der Waals surface area contributed by atoms with E-state index in [2.05, 4.69) is 18.7 Å². The number of carboxylic acid groups (broad SMARTS) is 1. The molecule has 18 heavy (non-hydrogen) atoms. The summed E-state index contributed by atoms with van der Waals surface area (Å²) in [5.74, 6) is -0.748. The molecular weight excluding hydrogens is 234 g/mol. The molecule has 2 atom stereocenters. The molecule has 0 radical (unpaired) electrons. The molecule has 0 aromatic heterocycles. The first-order valence-electron chi connectivity index (χ1n) is 6.67. The van der Waals surface area contributed by atoms with Gasteiger partial charge >= 0.3 is 5.97 Å². The molecule has 0 bridgehead atoms. The molecule has 104 valence electrons. The largest absolute Gasteiger partial charge is 0.481 e. The summed E-state index contributed by atoms with van der Waals surface area (Å²) in [6.45, 7) is 7.03. The van der Waals surface area contributed by atoms with Crippen LogP contribution in [0.15, 0.2) is 0 Å². The topological polar surface area (TPSA) is 59.0 Å². The third kappa shape index (κ3) is 3.43. The van der Waals surface area contributed by atoms with Gasteiger partial charge in [0, 0.05) is 25.2 Å². The number of aliphatic carboxylic acids is 1. The zero-order chi connectivity index (χ0) is 13.2. The molecule has 5 nitrogen and oxygen atoms in total. The van der Waals surface area contributed by atoms with Crippen LogP contribution < -0.4 is 0 Å². The number of carboxylic acids is 1. The van der Waals surface area contributed by atoms with Crippen LogP contribution in [0.5, 0.6) is 0 Å². The number of ether oxygens (including phenoxy) is 2. The first kappa shape index (κ1) is 13.8. The Balaban J connectivity index is 2.01. The van der Waals surface area contributed by atoms with Gasteiger partial charge in [-0.3, -0.25) is 9.69 Å². The van der Waals surface area contributed by atoms with Gasteiger partial charge in [-0.1, -0.05) is 0 Å². The van der Waals surface area contributed by atoms with Gasteiger partial charge in [0.15, 0.2) is 0 Å². The summed E-state index contributed by atoms with van der Waals surface area (Å²) in [4.78, 5) is 13.2. The highest BCUT2D eigenvalue weighted by Crippen LogP contribution is 2.29. The van der Waals surface area contributed by atoms with E-state index in [-0.39, 0.29) is 18.1 Å². The minimum atomic E-state index is -0.748. The van der Waals surface area contributed by atoms with Crippen molar-refractivity contribution in [3.05, 3.63) is 0 Å². The summed E-state index contributed by atoms with van der Waals surface area (Å²) in [6, 6.07) is 0.428. The van der Waals surface area contributed by atoms with Crippen LogP contribution in [0.4, 0.5) is 0 Å². The predicted molar refractivity (Wildman–Crippen MR) is 66.6 cm³/mol. The molecule has 0 aromatic rings. The maximum absolute atomic E-state index is 10.9. The summed E-state index contributed by atoms with van der Waals surface area (Å²) in [5, 5.41) is 8.98. The monoisotopic (exact) mass is 257 g/mol. The second-order valence-electron chi connectivity index (χ2n) is 5.82. The first-order chi connectivity index (χ1) is 8.48. The Morgan fingerprint density at radius 1 is 1.44 bits per heavy atom. The normalized spacial score (nSPS) is 33.2. The molecular formula is C13H23NO4. The van der Waals surface area contributed by atoms with Crippen LogP contribution in [-0.2, 0) is 14.3 Å². The van der Waals surface area contributed by atoms with Crippen molar-refractivity contribution in [2.75, 3.05) is 26.4 Å². The Bertz CT molecular complexity index is 305. The zero-order valence-corrected chi connectivity index (χ0v) is 11.2. The van der Waals surface area contributed by atoms with Gasteiger partial charge in [0.05, 0.1) is 25.2 Å². The number of hydrogen-bond donors (Lipinski definition) is 1. The molecule has 5 heteroatoms. The van der Waals surface area contributed by atoms with E-state index >= 15 is 0 Å². The molecule has 0 spiro atoms. The van der Waals surface area contributed by atoms with Crippen molar-refractivity contribution in [2.24, 2.45) is 0 Å². The fourth-order valence-electron chi connectivity index (χ4n) is 3.01. The molecule has 0 amide bonds. The molecule has 2 fully saturated rings. The van der Waals surface area contributed by atoms with Crippen molar-refractivity contribution < 1.29 is 19.4 Å². The van der Waals surface area contributed by atoms with Crippen molar-refractivity contribution in [1.82, 2.24) is 4.90 Å². The smallest absolute Gasteiger partial charge is 0.305 e. The van der Waals surface area contributed by atoms with Crippen molar-refractivity contribution in [1.29, 1.82) is 0 Å². The Hall–Kier alpha value is -0.650. The fourth-order valence-corrected chi connectivity index (χ4v) is 3.01. The minimum absolute atomic E-state index is 0.00940. The highest BCUT2D eigenvalue weighted by Gasteiger charge is 2.37. The number of nitrogens with zero attached hydrogens (tertiary/aromatic N) is 1. The van der Waals surface area contributed by atoms with Crippen molar-refractivity contribution in [3.8, 4) is 0 Å². The van der Waals surface area contributed by atoms with E-state index in [1.165, 1.54) is 0 Å². The summed E-state index contributed by atoms with van der Waals surface area (Å²) >= 11 is 0. The van der Waals surface area contributed by atoms with Crippen LogP contribution in [0, 0.1) is 0 Å². The number of morpholine rings is 1. The quantitative estimate of drug-likeness (QED) is 0.821. The van der Waals surface area contributed by atoms with Gasteiger partial charge in [0.2, 0.25) is 0 Å². The molecule has 2 rings (SSSR count). The molecule has 0 saturated carbocycles. The minimum Gasteiger partial charge on any atom is -0.481 e. The Morgan fingerprint density at radius 2 is 2.22 bits per heavy atom. The van der Waals surface area contributed by atoms with Crippen LogP contribution in [0.3, 0.4) is 0 Å². The molecule has 2 saturated heterocycles. The average molecular weight is 257 g/mol. The lowest BCUT2D eigenvalue weighted by molar-refractivity contribution is -0.143. The van der Waals surface area contributed by atoms with Crippen LogP contribution in [-0.4, -0.2) is 60.0 Å². The molecule has 2 heterocycles. The Kier molecular flexibility index (Phi) is 4.25.